The van der Waals surface area contributed by atoms with Crippen molar-refractivity contribution in [1.29, 1.82) is 5.26 Å². The fourth-order valence-corrected chi connectivity index (χ4v) is 2.58. The van der Waals surface area contributed by atoms with Crippen LogP contribution in [0.4, 0.5) is 0 Å². The molecule has 0 saturated carbocycles. The van der Waals surface area contributed by atoms with E-state index in [0.29, 0.717) is 25.0 Å². The Labute approximate surface area is 108 Å². The van der Waals surface area contributed by atoms with E-state index < -0.39 is 10.1 Å². The van der Waals surface area contributed by atoms with Crippen molar-refractivity contribution in [2.24, 2.45) is 5.16 Å². The van der Waals surface area contributed by atoms with E-state index in [1.165, 1.54) is 0 Å². The molecule has 0 aromatic heterocycles. The van der Waals surface area contributed by atoms with Crippen LogP contribution in [0.5, 0.6) is 0 Å². The minimum atomic E-state index is -3.55. The van der Waals surface area contributed by atoms with Gasteiger partial charge in [0.2, 0.25) is 0 Å². The molecule has 0 amide bonds. The van der Waals surface area contributed by atoms with Crippen LogP contribution >= 0.6 is 0 Å². The molecule has 0 aromatic rings. The first-order valence-corrected chi connectivity index (χ1v) is 7.69. The van der Waals surface area contributed by atoms with E-state index in [4.69, 9.17) is 5.26 Å². The average Bonchev–Trinajstić information content (AvgIpc) is 2.35. The van der Waals surface area contributed by atoms with Gasteiger partial charge in [0.1, 0.15) is 0 Å². The van der Waals surface area contributed by atoms with Gasteiger partial charge in [0.05, 0.1) is 24.0 Å². The second kappa shape index (κ2) is 7.17. The molecule has 0 bridgehead atoms. The lowest BCUT2D eigenvalue weighted by Gasteiger charge is -2.11. The molecule has 18 heavy (non-hydrogen) atoms. The molecule has 100 valence electrons. The van der Waals surface area contributed by atoms with Gasteiger partial charge in [0, 0.05) is 0 Å². The van der Waals surface area contributed by atoms with Crippen molar-refractivity contribution in [3.05, 3.63) is 11.6 Å². The van der Waals surface area contributed by atoms with Crippen molar-refractivity contribution >= 4 is 15.8 Å². The molecule has 6 heteroatoms. The highest BCUT2D eigenvalue weighted by Gasteiger charge is 2.13. The Hall–Kier alpha value is -1.35. The second-order valence-corrected chi connectivity index (χ2v) is 5.94. The summed E-state index contributed by atoms with van der Waals surface area (Å²) in [5, 5.41) is 12.3. The highest BCUT2D eigenvalue weighted by atomic mass is 32.2. The maximum absolute atomic E-state index is 11.4. The molecule has 0 aliphatic heterocycles. The number of oxime groups is 1. The molecule has 1 aliphatic rings. The van der Waals surface area contributed by atoms with Crippen molar-refractivity contribution < 1.29 is 12.7 Å². The van der Waals surface area contributed by atoms with Gasteiger partial charge in [-0.15, -0.1) is 0 Å². The summed E-state index contributed by atoms with van der Waals surface area (Å²) in [6.07, 6.45) is 5.94. The zero-order valence-corrected chi connectivity index (χ0v) is 11.4. The predicted octanol–water partition coefficient (Wildman–Crippen LogP) is 2.51. The van der Waals surface area contributed by atoms with Gasteiger partial charge in [-0.25, -0.2) is 0 Å². The highest BCUT2D eigenvalue weighted by Crippen LogP contribution is 2.18. The van der Waals surface area contributed by atoms with Crippen LogP contribution in [0.3, 0.4) is 0 Å². The third kappa shape index (κ3) is 5.32. The van der Waals surface area contributed by atoms with Gasteiger partial charge >= 0.3 is 10.1 Å². The number of hydrogen-bond donors (Lipinski definition) is 0. The summed E-state index contributed by atoms with van der Waals surface area (Å²) in [5.74, 6) is -0.00491. The monoisotopic (exact) mass is 270 g/mol. The second-order valence-electron chi connectivity index (χ2n) is 4.26. The average molecular weight is 270 g/mol. The molecule has 0 aromatic carbocycles. The molecule has 5 nitrogen and oxygen atoms in total. The Morgan fingerprint density at radius 1 is 1.50 bits per heavy atom. The molecular weight excluding hydrogens is 252 g/mol. The van der Waals surface area contributed by atoms with E-state index in [2.05, 4.69) is 15.5 Å². The maximum Gasteiger partial charge on any atom is 0.328 e. The summed E-state index contributed by atoms with van der Waals surface area (Å²) in [4.78, 5) is 0. The number of unbranched alkanes of at least 4 members (excludes halogenated alkanes) is 1. The molecule has 0 spiro atoms. The Bertz CT molecular complexity index is 472. The van der Waals surface area contributed by atoms with E-state index in [-0.39, 0.29) is 5.75 Å². The quantitative estimate of drug-likeness (QED) is 0.694. The molecule has 0 heterocycles. The van der Waals surface area contributed by atoms with Gasteiger partial charge in [-0.3, -0.25) is 4.28 Å². The fraction of sp³-hybridized carbons (Fsp3) is 0.667. The molecule has 0 unspecified atom stereocenters. The summed E-state index contributed by atoms with van der Waals surface area (Å²) in [6, 6.07) is 2.08. The largest absolute Gasteiger partial charge is 0.328 e. The van der Waals surface area contributed by atoms with Crippen LogP contribution < -0.4 is 0 Å². The highest BCUT2D eigenvalue weighted by molar-refractivity contribution is 7.86. The van der Waals surface area contributed by atoms with Crippen molar-refractivity contribution in [1.82, 2.24) is 0 Å². The zero-order chi connectivity index (χ0) is 13.4. The molecule has 0 atom stereocenters. The normalized spacial score (nSPS) is 18.2. The van der Waals surface area contributed by atoms with Gasteiger partial charge in [0.25, 0.3) is 0 Å². The third-order valence-electron chi connectivity index (χ3n) is 2.62. The predicted molar refractivity (Wildman–Crippen MR) is 69.4 cm³/mol. The summed E-state index contributed by atoms with van der Waals surface area (Å²) in [6.45, 7) is 1.92. The van der Waals surface area contributed by atoms with Crippen LogP contribution in [0.2, 0.25) is 0 Å². The fourth-order valence-electron chi connectivity index (χ4n) is 1.65. The van der Waals surface area contributed by atoms with Crippen LogP contribution in [0.1, 0.15) is 45.4 Å². The van der Waals surface area contributed by atoms with Gasteiger partial charge < -0.3 is 0 Å². The Kier molecular flexibility index (Phi) is 5.86. The van der Waals surface area contributed by atoms with Crippen LogP contribution in [0.15, 0.2) is 16.8 Å². The Morgan fingerprint density at radius 2 is 2.28 bits per heavy atom. The molecule has 1 aliphatic carbocycles. The molecule has 0 radical (unpaired) electrons. The minimum absolute atomic E-state index is 0.00491. The molecule has 1 rings (SSSR count). The number of nitrogens with zero attached hydrogens (tertiary/aromatic N) is 2. The number of nitriles is 1. The van der Waals surface area contributed by atoms with Gasteiger partial charge in [-0.1, -0.05) is 24.1 Å². The van der Waals surface area contributed by atoms with E-state index in [9.17, 15) is 8.42 Å². The molecule has 0 saturated heterocycles. The van der Waals surface area contributed by atoms with E-state index in [1.807, 2.05) is 6.92 Å². The standard InChI is InChI=1S/C12H18N2O3S/c1-2-3-9-18(15,16)17-14-12-6-4-5-11(10-12)7-8-13/h10H,2-7,9H2,1H3/b14-12+. The van der Waals surface area contributed by atoms with Crippen molar-refractivity contribution in [2.75, 3.05) is 5.75 Å². The lowest BCUT2D eigenvalue weighted by molar-refractivity contribution is 0.337. The third-order valence-corrected chi connectivity index (χ3v) is 3.71. The van der Waals surface area contributed by atoms with E-state index >= 15 is 0 Å². The van der Waals surface area contributed by atoms with Gasteiger partial charge in [0.15, 0.2) is 0 Å². The topological polar surface area (TPSA) is 79.5 Å². The van der Waals surface area contributed by atoms with E-state index in [0.717, 1.165) is 24.8 Å². The lowest BCUT2D eigenvalue weighted by Crippen LogP contribution is -2.10. The lowest BCUT2D eigenvalue weighted by atomic mass is 9.96. The summed E-state index contributed by atoms with van der Waals surface area (Å²) >= 11 is 0. The summed E-state index contributed by atoms with van der Waals surface area (Å²) < 4.78 is 27.5. The smallest absolute Gasteiger partial charge is 0.268 e. The minimum Gasteiger partial charge on any atom is -0.268 e. The Morgan fingerprint density at radius 3 is 2.94 bits per heavy atom. The van der Waals surface area contributed by atoms with Crippen molar-refractivity contribution in [3.63, 3.8) is 0 Å². The molecular formula is C12H18N2O3S. The van der Waals surface area contributed by atoms with Crippen molar-refractivity contribution in [3.8, 4) is 6.07 Å². The number of allylic oxidation sites excluding steroid dienone is 2. The van der Waals surface area contributed by atoms with Crippen molar-refractivity contribution in [2.45, 2.75) is 45.4 Å². The van der Waals surface area contributed by atoms with Gasteiger partial charge in [-0.2, -0.15) is 13.7 Å². The van der Waals surface area contributed by atoms with Crippen LogP contribution in [-0.4, -0.2) is 19.9 Å². The van der Waals surface area contributed by atoms with Gasteiger partial charge in [-0.05, 0) is 31.8 Å². The number of hydrogen-bond acceptors (Lipinski definition) is 5. The summed E-state index contributed by atoms with van der Waals surface area (Å²) in [5.41, 5.74) is 1.59. The zero-order valence-electron chi connectivity index (χ0n) is 10.6. The first-order valence-electron chi connectivity index (χ1n) is 6.12. The number of rotatable bonds is 6. The van der Waals surface area contributed by atoms with E-state index in [1.54, 1.807) is 6.08 Å². The SMILES string of the molecule is CCCCS(=O)(=O)O/N=C1/C=C(CC#N)CCC1. The first kappa shape index (κ1) is 14.7. The van der Waals surface area contributed by atoms with Crippen LogP contribution in [0.25, 0.3) is 0 Å². The summed E-state index contributed by atoms with van der Waals surface area (Å²) in [7, 11) is -3.55. The Balaban J connectivity index is 2.62. The maximum atomic E-state index is 11.4. The van der Waals surface area contributed by atoms with Crippen LogP contribution in [0, 0.1) is 11.3 Å². The molecule has 0 fully saturated rings. The first-order chi connectivity index (χ1) is 8.57. The van der Waals surface area contributed by atoms with Crippen LogP contribution in [-0.2, 0) is 14.4 Å². The molecule has 0 N–H and O–H groups in total.